The van der Waals surface area contributed by atoms with Gasteiger partial charge in [-0.25, -0.2) is 0 Å². The third-order valence-corrected chi connectivity index (χ3v) is 3.74. The first-order valence-corrected chi connectivity index (χ1v) is 6.77. The summed E-state index contributed by atoms with van der Waals surface area (Å²) in [4.78, 5) is 0. The largest absolute Gasteiger partial charge is 0.456 e. The zero-order valence-electron chi connectivity index (χ0n) is 11.2. The van der Waals surface area contributed by atoms with Crippen molar-refractivity contribution in [1.29, 1.82) is 5.26 Å². The summed E-state index contributed by atoms with van der Waals surface area (Å²) < 4.78 is 5.95. The Morgan fingerprint density at radius 2 is 1.62 bits per heavy atom. The Kier molecular flexibility index (Phi) is 2.52. The second-order valence-electron chi connectivity index (χ2n) is 4.97. The first-order chi connectivity index (χ1) is 10.4. The molecule has 0 aliphatic carbocycles. The SMILES string of the molecule is N#Cc1ccccc1-c1cc2c(ccc3ccccc32)o1. The molecule has 0 bridgehead atoms. The number of benzene rings is 3. The van der Waals surface area contributed by atoms with Crippen LogP contribution in [0, 0.1) is 11.3 Å². The van der Waals surface area contributed by atoms with Gasteiger partial charge in [-0.05, 0) is 35.0 Å². The van der Waals surface area contributed by atoms with E-state index in [2.05, 4.69) is 24.3 Å². The van der Waals surface area contributed by atoms with Crippen molar-refractivity contribution < 1.29 is 4.42 Å². The molecule has 2 heteroatoms. The summed E-state index contributed by atoms with van der Waals surface area (Å²) in [7, 11) is 0. The van der Waals surface area contributed by atoms with Crippen molar-refractivity contribution in [2.75, 3.05) is 0 Å². The van der Waals surface area contributed by atoms with Gasteiger partial charge >= 0.3 is 0 Å². The molecule has 0 saturated heterocycles. The highest BCUT2D eigenvalue weighted by atomic mass is 16.3. The van der Waals surface area contributed by atoms with Crippen LogP contribution in [0.5, 0.6) is 0 Å². The maximum Gasteiger partial charge on any atom is 0.136 e. The van der Waals surface area contributed by atoms with Crippen LogP contribution in [0.3, 0.4) is 0 Å². The Bertz CT molecular complexity index is 1000. The number of rotatable bonds is 1. The molecule has 0 N–H and O–H groups in total. The molecule has 0 unspecified atom stereocenters. The number of fused-ring (bicyclic) bond motifs is 3. The van der Waals surface area contributed by atoms with Gasteiger partial charge in [0.25, 0.3) is 0 Å². The highest BCUT2D eigenvalue weighted by molar-refractivity contribution is 6.07. The third-order valence-electron chi connectivity index (χ3n) is 3.74. The molecule has 0 atom stereocenters. The van der Waals surface area contributed by atoms with Gasteiger partial charge in [-0.15, -0.1) is 0 Å². The number of hydrogen-bond donors (Lipinski definition) is 0. The van der Waals surface area contributed by atoms with Crippen LogP contribution in [0.2, 0.25) is 0 Å². The van der Waals surface area contributed by atoms with Crippen LogP contribution in [0.15, 0.2) is 71.1 Å². The second kappa shape index (κ2) is 4.50. The van der Waals surface area contributed by atoms with Gasteiger partial charge in [0, 0.05) is 10.9 Å². The van der Waals surface area contributed by atoms with Crippen LogP contribution in [0.4, 0.5) is 0 Å². The van der Waals surface area contributed by atoms with E-state index in [1.165, 1.54) is 10.8 Å². The molecule has 2 nitrogen and oxygen atoms in total. The summed E-state index contributed by atoms with van der Waals surface area (Å²) >= 11 is 0. The molecule has 98 valence electrons. The number of nitriles is 1. The molecule has 0 fully saturated rings. The van der Waals surface area contributed by atoms with Crippen LogP contribution < -0.4 is 0 Å². The highest BCUT2D eigenvalue weighted by Gasteiger charge is 2.11. The minimum Gasteiger partial charge on any atom is -0.456 e. The fraction of sp³-hybridized carbons (Fsp3) is 0. The Hall–Kier alpha value is -3.05. The topological polar surface area (TPSA) is 36.9 Å². The summed E-state index contributed by atoms with van der Waals surface area (Å²) in [5, 5.41) is 12.7. The molecule has 4 aromatic rings. The monoisotopic (exact) mass is 269 g/mol. The molecule has 0 aliphatic rings. The normalized spacial score (nSPS) is 10.8. The molecule has 0 radical (unpaired) electrons. The fourth-order valence-corrected chi connectivity index (χ4v) is 2.72. The maximum absolute atomic E-state index is 9.23. The minimum absolute atomic E-state index is 0.626. The van der Waals surface area contributed by atoms with E-state index in [1.54, 1.807) is 6.07 Å². The molecule has 21 heavy (non-hydrogen) atoms. The minimum atomic E-state index is 0.626. The molecule has 1 aromatic heterocycles. The average molecular weight is 269 g/mol. The summed E-state index contributed by atoms with van der Waals surface area (Å²) in [6.45, 7) is 0. The van der Waals surface area contributed by atoms with Crippen LogP contribution in [0.25, 0.3) is 33.1 Å². The standard InChI is InChI=1S/C19H11NO/c20-12-14-6-2-4-8-16(14)19-11-17-15-7-3-1-5-13(15)9-10-18(17)21-19/h1-11H. The van der Waals surface area contributed by atoms with E-state index in [9.17, 15) is 5.26 Å². The molecule has 4 rings (SSSR count). The lowest BCUT2D eigenvalue weighted by Gasteiger charge is -1.98. The van der Waals surface area contributed by atoms with E-state index in [1.807, 2.05) is 42.5 Å². The van der Waals surface area contributed by atoms with Crippen molar-refractivity contribution in [3.05, 3.63) is 72.3 Å². The molecular formula is C19H11NO. The van der Waals surface area contributed by atoms with Crippen molar-refractivity contribution in [2.24, 2.45) is 0 Å². The van der Waals surface area contributed by atoms with E-state index >= 15 is 0 Å². The van der Waals surface area contributed by atoms with Crippen molar-refractivity contribution in [1.82, 2.24) is 0 Å². The fourth-order valence-electron chi connectivity index (χ4n) is 2.72. The number of nitrogens with zero attached hydrogens (tertiary/aromatic N) is 1. The predicted molar refractivity (Wildman–Crippen MR) is 83.9 cm³/mol. The maximum atomic E-state index is 9.23. The van der Waals surface area contributed by atoms with Gasteiger partial charge < -0.3 is 4.42 Å². The molecule has 0 aliphatic heterocycles. The molecule has 0 spiro atoms. The Balaban J connectivity index is 2.04. The lowest BCUT2D eigenvalue weighted by Crippen LogP contribution is -1.80. The summed E-state index contributed by atoms with van der Waals surface area (Å²) in [5.41, 5.74) is 2.30. The molecule has 1 heterocycles. The molecule has 0 amide bonds. The third kappa shape index (κ3) is 1.79. The zero-order chi connectivity index (χ0) is 14.2. The molecule has 3 aromatic carbocycles. The van der Waals surface area contributed by atoms with E-state index in [0.29, 0.717) is 5.56 Å². The highest BCUT2D eigenvalue weighted by Crippen LogP contribution is 2.33. The van der Waals surface area contributed by atoms with Gasteiger partial charge in [-0.2, -0.15) is 5.26 Å². The average Bonchev–Trinajstić information content (AvgIpc) is 2.99. The predicted octanol–water partition coefficient (Wildman–Crippen LogP) is 5.12. The van der Waals surface area contributed by atoms with Crippen molar-refractivity contribution >= 4 is 21.7 Å². The van der Waals surface area contributed by atoms with Gasteiger partial charge in [0.15, 0.2) is 0 Å². The number of furan rings is 1. The Morgan fingerprint density at radius 3 is 2.52 bits per heavy atom. The second-order valence-corrected chi connectivity index (χ2v) is 4.97. The van der Waals surface area contributed by atoms with Gasteiger partial charge in [0.1, 0.15) is 11.3 Å². The Labute approximate surface area is 121 Å². The summed E-state index contributed by atoms with van der Waals surface area (Å²) in [6.07, 6.45) is 0. The summed E-state index contributed by atoms with van der Waals surface area (Å²) in [6, 6.07) is 24.0. The first kappa shape index (κ1) is 11.7. The van der Waals surface area contributed by atoms with Crippen LogP contribution in [-0.2, 0) is 0 Å². The first-order valence-electron chi connectivity index (χ1n) is 6.77. The van der Waals surface area contributed by atoms with Gasteiger partial charge in [-0.3, -0.25) is 0 Å². The van der Waals surface area contributed by atoms with Gasteiger partial charge in [0.05, 0.1) is 11.6 Å². The van der Waals surface area contributed by atoms with Crippen LogP contribution in [-0.4, -0.2) is 0 Å². The lowest BCUT2D eigenvalue weighted by molar-refractivity contribution is 0.631. The van der Waals surface area contributed by atoms with E-state index in [-0.39, 0.29) is 0 Å². The molecule has 0 saturated carbocycles. The smallest absolute Gasteiger partial charge is 0.136 e. The van der Waals surface area contributed by atoms with E-state index in [4.69, 9.17) is 4.42 Å². The van der Waals surface area contributed by atoms with Gasteiger partial charge in [-0.1, -0.05) is 42.5 Å². The number of hydrogen-bond acceptors (Lipinski definition) is 2. The quantitative estimate of drug-likeness (QED) is 0.480. The van der Waals surface area contributed by atoms with Crippen molar-refractivity contribution in [3.63, 3.8) is 0 Å². The Morgan fingerprint density at radius 1 is 0.810 bits per heavy atom. The summed E-state index contributed by atoms with van der Waals surface area (Å²) in [5.74, 6) is 0.735. The lowest BCUT2D eigenvalue weighted by atomic mass is 10.0. The van der Waals surface area contributed by atoms with Crippen LogP contribution >= 0.6 is 0 Å². The van der Waals surface area contributed by atoms with Crippen molar-refractivity contribution in [3.8, 4) is 17.4 Å². The zero-order valence-corrected chi connectivity index (χ0v) is 11.2. The molecular weight excluding hydrogens is 258 g/mol. The van der Waals surface area contributed by atoms with E-state index < -0.39 is 0 Å². The van der Waals surface area contributed by atoms with Gasteiger partial charge in [0.2, 0.25) is 0 Å². The van der Waals surface area contributed by atoms with E-state index in [0.717, 1.165) is 22.3 Å². The van der Waals surface area contributed by atoms with Crippen LogP contribution in [0.1, 0.15) is 5.56 Å². The van der Waals surface area contributed by atoms with Crippen molar-refractivity contribution in [2.45, 2.75) is 0 Å².